The molecule has 0 radical (unpaired) electrons. The Hall–Kier alpha value is -1.76. The highest BCUT2D eigenvalue weighted by Gasteiger charge is 2.07. The zero-order chi connectivity index (χ0) is 15.0. The summed E-state index contributed by atoms with van der Waals surface area (Å²) >= 11 is 0. The lowest BCUT2D eigenvalue weighted by molar-refractivity contribution is -0.131. The molecule has 0 aliphatic heterocycles. The Balaban J connectivity index is 2.85. The molecule has 110 valence electrons. The van der Waals surface area contributed by atoms with E-state index in [4.69, 9.17) is 15.3 Å². The molecule has 0 aromatic heterocycles. The molecule has 5 nitrogen and oxygen atoms in total. The molecule has 0 bridgehead atoms. The predicted molar refractivity (Wildman–Crippen MR) is 72.5 cm³/mol. The molecule has 1 rings (SSSR count). The smallest absolute Gasteiger partial charge is 0.328 e. The Morgan fingerprint density at radius 1 is 1.25 bits per heavy atom. The van der Waals surface area contributed by atoms with Crippen LogP contribution in [0.3, 0.4) is 0 Å². The number of carboxylic acid groups (broad SMARTS) is 1. The van der Waals surface area contributed by atoms with Crippen molar-refractivity contribution >= 4 is 12.0 Å². The first-order chi connectivity index (χ1) is 9.56. The summed E-state index contributed by atoms with van der Waals surface area (Å²) in [7, 11) is 0. The molecule has 0 aliphatic rings. The molecule has 1 aromatic rings. The van der Waals surface area contributed by atoms with E-state index in [1.165, 1.54) is 12.1 Å². The molecular weight excluding hydrogens is 265 g/mol. The number of aliphatic hydroxyl groups excluding tert-OH is 2. The SMILES string of the molecule is O=C(O)C=Cc1cc(CN(CCO)CCO)ccc1F. The van der Waals surface area contributed by atoms with Crippen molar-refractivity contribution in [1.82, 2.24) is 4.90 Å². The largest absolute Gasteiger partial charge is 0.478 e. The van der Waals surface area contributed by atoms with Crippen LogP contribution in [0, 0.1) is 5.82 Å². The molecule has 0 saturated heterocycles. The van der Waals surface area contributed by atoms with Crippen molar-refractivity contribution in [3.05, 3.63) is 41.2 Å². The van der Waals surface area contributed by atoms with E-state index in [2.05, 4.69) is 0 Å². The zero-order valence-electron chi connectivity index (χ0n) is 11.0. The van der Waals surface area contributed by atoms with Crippen LogP contribution in [0.25, 0.3) is 6.08 Å². The molecule has 20 heavy (non-hydrogen) atoms. The lowest BCUT2D eigenvalue weighted by Crippen LogP contribution is -2.29. The highest BCUT2D eigenvalue weighted by Crippen LogP contribution is 2.14. The molecule has 0 unspecified atom stereocenters. The third kappa shape index (κ3) is 5.48. The number of aliphatic hydroxyl groups is 2. The summed E-state index contributed by atoms with van der Waals surface area (Å²) in [6.07, 6.45) is 2.07. The maximum atomic E-state index is 13.5. The summed E-state index contributed by atoms with van der Waals surface area (Å²) in [6, 6.07) is 4.42. The van der Waals surface area contributed by atoms with Gasteiger partial charge in [0.25, 0.3) is 0 Å². The average molecular weight is 283 g/mol. The maximum absolute atomic E-state index is 13.5. The first kappa shape index (κ1) is 16.3. The van der Waals surface area contributed by atoms with Crippen molar-refractivity contribution in [2.24, 2.45) is 0 Å². The van der Waals surface area contributed by atoms with Gasteiger partial charge in [0.1, 0.15) is 5.82 Å². The van der Waals surface area contributed by atoms with E-state index in [1.807, 2.05) is 4.90 Å². The minimum absolute atomic E-state index is 0.0348. The lowest BCUT2D eigenvalue weighted by Gasteiger charge is -2.20. The summed E-state index contributed by atoms with van der Waals surface area (Å²) in [5, 5.41) is 26.4. The van der Waals surface area contributed by atoms with Crippen molar-refractivity contribution in [2.45, 2.75) is 6.54 Å². The molecule has 1 aromatic carbocycles. The standard InChI is InChI=1S/C14H18FNO4/c15-13-3-1-11(9-12(13)2-4-14(19)20)10-16(5-7-17)6-8-18/h1-4,9,17-18H,5-8,10H2,(H,19,20). The number of aliphatic carboxylic acids is 1. The van der Waals surface area contributed by atoms with Crippen molar-refractivity contribution in [1.29, 1.82) is 0 Å². The molecule has 0 heterocycles. The molecule has 0 saturated carbocycles. The number of hydrogen-bond acceptors (Lipinski definition) is 4. The second-order valence-electron chi connectivity index (χ2n) is 4.25. The van der Waals surface area contributed by atoms with Gasteiger partial charge in [-0.1, -0.05) is 6.07 Å². The summed E-state index contributed by atoms with van der Waals surface area (Å²) in [5.41, 5.74) is 0.969. The van der Waals surface area contributed by atoms with E-state index in [0.717, 1.165) is 11.6 Å². The summed E-state index contributed by atoms with van der Waals surface area (Å²) < 4.78 is 13.5. The number of rotatable bonds is 8. The normalized spacial score (nSPS) is 11.4. The topological polar surface area (TPSA) is 81.0 Å². The van der Waals surface area contributed by atoms with Gasteiger partial charge in [-0.15, -0.1) is 0 Å². The van der Waals surface area contributed by atoms with Gasteiger partial charge < -0.3 is 15.3 Å². The molecule has 3 N–H and O–H groups in total. The van der Waals surface area contributed by atoms with Gasteiger partial charge in [-0.25, -0.2) is 9.18 Å². The van der Waals surface area contributed by atoms with Gasteiger partial charge in [0.15, 0.2) is 0 Å². The third-order valence-electron chi connectivity index (χ3n) is 2.70. The van der Waals surface area contributed by atoms with Crippen molar-refractivity contribution in [2.75, 3.05) is 26.3 Å². The fraction of sp³-hybridized carbons (Fsp3) is 0.357. The number of carbonyl (C=O) groups is 1. The number of hydrogen-bond donors (Lipinski definition) is 3. The van der Waals surface area contributed by atoms with Gasteiger partial charge in [0.05, 0.1) is 13.2 Å². The Bertz CT molecular complexity index is 470. The van der Waals surface area contributed by atoms with Gasteiger partial charge in [-0.3, -0.25) is 4.90 Å². The van der Waals surface area contributed by atoms with Crippen LogP contribution in [0.2, 0.25) is 0 Å². The zero-order valence-corrected chi connectivity index (χ0v) is 11.0. The van der Waals surface area contributed by atoms with Crippen LogP contribution in [-0.4, -0.2) is 52.5 Å². The molecule has 0 aliphatic carbocycles. The number of halogens is 1. The van der Waals surface area contributed by atoms with Crippen molar-refractivity contribution in [3.8, 4) is 0 Å². The second kappa shape index (κ2) is 8.42. The highest BCUT2D eigenvalue weighted by molar-refractivity contribution is 5.85. The number of benzene rings is 1. The monoisotopic (exact) mass is 283 g/mol. The summed E-state index contributed by atoms with van der Waals surface area (Å²) in [6.45, 7) is 1.17. The van der Waals surface area contributed by atoms with E-state index < -0.39 is 11.8 Å². The second-order valence-corrected chi connectivity index (χ2v) is 4.25. The van der Waals surface area contributed by atoms with E-state index in [-0.39, 0.29) is 18.8 Å². The molecule has 0 atom stereocenters. The summed E-state index contributed by atoms with van der Waals surface area (Å²) in [4.78, 5) is 12.3. The minimum atomic E-state index is -1.14. The highest BCUT2D eigenvalue weighted by atomic mass is 19.1. The van der Waals surface area contributed by atoms with Crippen molar-refractivity contribution < 1.29 is 24.5 Å². The number of carboxylic acids is 1. The lowest BCUT2D eigenvalue weighted by atomic mass is 10.1. The van der Waals surface area contributed by atoms with E-state index in [9.17, 15) is 9.18 Å². The van der Waals surface area contributed by atoms with Crippen LogP contribution in [0.15, 0.2) is 24.3 Å². The fourth-order valence-electron chi connectivity index (χ4n) is 1.79. The first-order valence-electron chi connectivity index (χ1n) is 6.20. The third-order valence-corrected chi connectivity index (χ3v) is 2.70. The average Bonchev–Trinajstić information content (AvgIpc) is 2.40. The van der Waals surface area contributed by atoms with Gasteiger partial charge >= 0.3 is 5.97 Å². The Labute approximate surface area is 116 Å². The first-order valence-corrected chi connectivity index (χ1v) is 6.20. The maximum Gasteiger partial charge on any atom is 0.328 e. The summed E-state index contributed by atoms with van der Waals surface area (Å²) in [5.74, 6) is -1.64. The molecule has 6 heteroatoms. The fourth-order valence-corrected chi connectivity index (χ4v) is 1.79. The van der Waals surface area contributed by atoms with Crippen molar-refractivity contribution in [3.63, 3.8) is 0 Å². The van der Waals surface area contributed by atoms with Crippen LogP contribution in [-0.2, 0) is 11.3 Å². The minimum Gasteiger partial charge on any atom is -0.478 e. The van der Waals surface area contributed by atoms with Gasteiger partial charge in [-0.2, -0.15) is 0 Å². The van der Waals surface area contributed by atoms with Gasteiger partial charge in [0.2, 0.25) is 0 Å². The van der Waals surface area contributed by atoms with E-state index >= 15 is 0 Å². The van der Waals surface area contributed by atoms with Crippen LogP contribution in [0.1, 0.15) is 11.1 Å². The van der Waals surface area contributed by atoms with E-state index in [1.54, 1.807) is 12.1 Å². The van der Waals surface area contributed by atoms with Crippen LogP contribution in [0.4, 0.5) is 4.39 Å². The van der Waals surface area contributed by atoms with Crippen LogP contribution < -0.4 is 0 Å². The number of nitrogens with zero attached hydrogens (tertiary/aromatic N) is 1. The van der Waals surface area contributed by atoms with Crippen LogP contribution >= 0.6 is 0 Å². The quantitative estimate of drug-likeness (QED) is 0.612. The van der Waals surface area contributed by atoms with E-state index in [0.29, 0.717) is 19.6 Å². The Morgan fingerprint density at radius 2 is 1.90 bits per heavy atom. The van der Waals surface area contributed by atoms with Gasteiger partial charge in [0, 0.05) is 31.3 Å². The Kier molecular flexibility index (Phi) is 6.86. The molecule has 0 fully saturated rings. The van der Waals surface area contributed by atoms with Gasteiger partial charge in [-0.05, 0) is 23.8 Å². The predicted octanol–water partition coefficient (Wildman–Crippen LogP) is 0.710. The molecule has 0 spiro atoms. The molecular formula is C14H18FNO4. The molecule has 0 amide bonds. The van der Waals surface area contributed by atoms with Crippen LogP contribution in [0.5, 0.6) is 0 Å². The Morgan fingerprint density at radius 3 is 2.45 bits per heavy atom.